The zero-order chi connectivity index (χ0) is 11.7. The molecule has 0 aliphatic heterocycles. The third kappa shape index (κ3) is 10.5. The van der Waals surface area contributed by atoms with E-state index in [1.165, 1.54) is 0 Å². The van der Waals surface area contributed by atoms with E-state index in [1.807, 2.05) is 20.1 Å². The summed E-state index contributed by atoms with van der Waals surface area (Å²) in [6.45, 7) is 5.05. The summed E-state index contributed by atoms with van der Waals surface area (Å²) in [6, 6.07) is 0.330. The van der Waals surface area contributed by atoms with E-state index in [9.17, 15) is 8.42 Å². The van der Waals surface area contributed by atoms with Crippen molar-refractivity contribution >= 4 is 21.8 Å². The molecular formula is C9H22N2O2S2. The summed E-state index contributed by atoms with van der Waals surface area (Å²) in [5.41, 5.74) is 0. The summed E-state index contributed by atoms with van der Waals surface area (Å²) in [7, 11) is -3.08. The molecule has 0 aromatic carbocycles. The first kappa shape index (κ1) is 15.2. The second-order valence-electron chi connectivity index (χ2n) is 3.67. The van der Waals surface area contributed by atoms with E-state index in [1.54, 1.807) is 11.8 Å². The monoisotopic (exact) mass is 254 g/mol. The van der Waals surface area contributed by atoms with Crippen LogP contribution in [0.3, 0.4) is 0 Å². The van der Waals surface area contributed by atoms with Crippen LogP contribution in [0.25, 0.3) is 0 Å². The van der Waals surface area contributed by atoms with Gasteiger partial charge in [0.15, 0.2) is 0 Å². The fourth-order valence-corrected chi connectivity index (χ4v) is 2.42. The zero-order valence-corrected chi connectivity index (χ0v) is 11.4. The molecule has 0 bridgehead atoms. The molecule has 0 amide bonds. The van der Waals surface area contributed by atoms with Crippen molar-refractivity contribution in [2.24, 2.45) is 0 Å². The zero-order valence-electron chi connectivity index (χ0n) is 9.75. The molecule has 0 atom stereocenters. The standard InChI is InChI=1S/C9H22N2O2S2/c1-9(2)10-6-8-15(12,13)11-5-4-7-14-3/h9-11H,4-8H2,1-3H3. The second-order valence-corrected chi connectivity index (χ2v) is 6.58. The van der Waals surface area contributed by atoms with E-state index in [0.29, 0.717) is 19.1 Å². The van der Waals surface area contributed by atoms with Crippen LogP contribution in [-0.2, 0) is 10.0 Å². The summed E-state index contributed by atoms with van der Waals surface area (Å²) in [4.78, 5) is 0. The SMILES string of the molecule is CSCCCNS(=O)(=O)CCNC(C)C. The molecule has 6 heteroatoms. The van der Waals surface area contributed by atoms with E-state index in [2.05, 4.69) is 10.0 Å². The molecule has 0 aromatic heterocycles. The molecule has 0 saturated carbocycles. The second kappa shape index (κ2) is 8.38. The number of sulfonamides is 1. The Labute approximate surface area is 97.6 Å². The highest BCUT2D eigenvalue weighted by atomic mass is 32.2. The summed E-state index contributed by atoms with van der Waals surface area (Å²) in [6.07, 6.45) is 2.90. The molecule has 15 heavy (non-hydrogen) atoms. The molecule has 0 fully saturated rings. The van der Waals surface area contributed by atoms with Gasteiger partial charge in [0.2, 0.25) is 10.0 Å². The Morgan fingerprint density at radius 2 is 1.93 bits per heavy atom. The van der Waals surface area contributed by atoms with Crippen LogP contribution in [0.15, 0.2) is 0 Å². The topological polar surface area (TPSA) is 58.2 Å². The minimum atomic E-state index is -3.08. The summed E-state index contributed by atoms with van der Waals surface area (Å²) in [5.74, 6) is 1.15. The lowest BCUT2D eigenvalue weighted by molar-refractivity contribution is 0.566. The fourth-order valence-electron chi connectivity index (χ4n) is 0.998. The Morgan fingerprint density at radius 1 is 1.27 bits per heavy atom. The molecule has 4 nitrogen and oxygen atoms in total. The van der Waals surface area contributed by atoms with Crippen molar-refractivity contribution in [3.8, 4) is 0 Å². The summed E-state index contributed by atoms with van der Waals surface area (Å²) in [5, 5.41) is 3.08. The van der Waals surface area contributed by atoms with Crippen LogP contribution in [0.5, 0.6) is 0 Å². The minimum Gasteiger partial charge on any atom is -0.313 e. The Kier molecular flexibility index (Phi) is 8.50. The first-order chi connectivity index (χ1) is 6.98. The van der Waals surface area contributed by atoms with E-state index in [0.717, 1.165) is 12.2 Å². The van der Waals surface area contributed by atoms with Crippen LogP contribution in [0, 0.1) is 0 Å². The molecule has 0 heterocycles. The van der Waals surface area contributed by atoms with E-state index >= 15 is 0 Å². The average molecular weight is 254 g/mol. The van der Waals surface area contributed by atoms with Gasteiger partial charge in [-0.2, -0.15) is 11.8 Å². The molecule has 2 N–H and O–H groups in total. The Morgan fingerprint density at radius 3 is 2.47 bits per heavy atom. The van der Waals surface area contributed by atoms with Crippen molar-refractivity contribution in [2.75, 3.05) is 30.9 Å². The predicted molar refractivity (Wildman–Crippen MR) is 67.9 cm³/mol. The van der Waals surface area contributed by atoms with Crippen LogP contribution in [0.4, 0.5) is 0 Å². The van der Waals surface area contributed by atoms with Crippen LogP contribution in [0.1, 0.15) is 20.3 Å². The number of nitrogens with one attached hydrogen (secondary N) is 2. The van der Waals surface area contributed by atoms with Crippen molar-refractivity contribution in [2.45, 2.75) is 26.3 Å². The average Bonchev–Trinajstić information content (AvgIpc) is 2.11. The van der Waals surface area contributed by atoms with Gasteiger partial charge < -0.3 is 5.32 Å². The lowest BCUT2D eigenvalue weighted by atomic mass is 10.4. The third-order valence-corrected chi connectivity index (χ3v) is 3.85. The van der Waals surface area contributed by atoms with Gasteiger partial charge in [-0.3, -0.25) is 0 Å². The van der Waals surface area contributed by atoms with Gasteiger partial charge >= 0.3 is 0 Å². The van der Waals surface area contributed by atoms with Gasteiger partial charge in [-0.05, 0) is 18.4 Å². The highest BCUT2D eigenvalue weighted by Crippen LogP contribution is 1.94. The predicted octanol–water partition coefficient (Wildman–Crippen LogP) is 0.657. The molecule has 0 aliphatic carbocycles. The number of rotatable bonds is 9. The Hall–Kier alpha value is 0.220. The molecule has 0 saturated heterocycles. The third-order valence-electron chi connectivity index (χ3n) is 1.77. The van der Waals surface area contributed by atoms with Crippen molar-refractivity contribution in [1.82, 2.24) is 10.0 Å². The Bertz CT molecular complexity index is 240. The number of hydrogen-bond donors (Lipinski definition) is 2. The normalized spacial score (nSPS) is 12.3. The molecule has 0 unspecified atom stereocenters. The molecule has 92 valence electrons. The minimum absolute atomic E-state index is 0.157. The van der Waals surface area contributed by atoms with E-state index < -0.39 is 10.0 Å². The maximum absolute atomic E-state index is 11.4. The van der Waals surface area contributed by atoms with Gasteiger partial charge in [0, 0.05) is 19.1 Å². The lowest BCUT2D eigenvalue weighted by Crippen LogP contribution is -2.34. The molecule has 0 rings (SSSR count). The van der Waals surface area contributed by atoms with Crippen LogP contribution in [-0.4, -0.2) is 45.3 Å². The quantitative estimate of drug-likeness (QED) is 0.593. The van der Waals surface area contributed by atoms with Crippen molar-refractivity contribution in [3.05, 3.63) is 0 Å². The van der Waals surface area contributed by atoms with Gasteiger partial charge in [-0.15, -0.1) is 0 Å². The molecule has 0 aliphatic rings. The van der Waals surface area contributed by atoms with Gasteiger partial charge in [0.05, 0.1) is 5.75 Å². The van der Waals surface area contributed by atoms with Crippen LogP contribution < -0.4 is 10.0 Å². The van der Waals surface area contributed by atoms with Crippen molar-refractivity contribution in [3.63, 3.8) is 0 Å². The lowest BCUT2D eigenvalue weighted by Gasteiger charge is -2.09. The van der Waals surface area contributed by atoms with Gasteiger partial charge in [0.25, 0.3) is 0 Å². The van der Waals surface area contributed by atoms with Crippen LogP contribution in [0.2, 0.25) is 0 Å². The first-order valence-corrected chi connectivity index (χ1v) is 8.22. The van der Waals surface area contributed by atoms with E-state index in [4.69, 9.17) is 0 Å². The molecule has 0 spiro atoms. The maximum atomic E-state index is 11.4. The van der Waals surface area contributed by atoms with Gasteiger partial charge in [0.1, 0.15) is 0 Å². The highest BCUT2D eigenvalue weighted by molar-refractivity contribution is 7.98. The van der Waals surface area contributed by atoms with Gasteiger partial charge in [-0.1, -0.05) is 13.8 Å². The largest absolute Gasteiger partial charge is 0.313 e. The highest BCUT2D eigenvalue weighted by Gasteiger charge is 2.08. The summed E-state index contributed by atoms with van der Waals surface area (Å²) >= 11 is 1.73. The molecule has 0 radical (unpaired) electrons. The number of hydrogen-bond acceptors (Lipinski definition) is 4. The fraction of sp³-hybridized carbons (Fsp3) is 1.00. The maximum Gasteiger partial charge on any atom is 0.212 e. The molecular weight excluding hydrogens is 232 g/mol. The molecule has 0 aromatic rings. The number of thioether (sulfide) groups is 1. The van der Waals surface area contributed by atoms with Crippen molar-refractivity contribution < 1.29 is 8.42 Å². The van der Waals surface area contributed by atoms with Crippen molar-refractivity contribution in [1.29, 1.82) is 0 Å². The smallest absolute Gasteiger partial charge is 0.212 e. The van der Waals surface area contributed by atoms with E-state index in [-0.39, 0.29) is 5.75 Å². The summed E-state index contributed by atoms with van der Waals surface area (Å²) < 4.78 is 25.4. The van der Waals surface area contributed by atoms with Gasteiger partial charge in [-0.25, -0.2) is 13.1 Å². The first-order valence-electron chi connectivity index (χ1n) is 5.17. The Balaban J connectivity index is 3.59. The van der Waals surface area contributed by atoms with Crippen LogP contribution >= 0.6 is 11.8 Å².